The van der Waals surface area contributed by atoms with E-state index < -0.39 is 0 Å². The number of ether oxygens (including phenoxy) is 1. The SMILES string of the molecule is CN(C)c1ccc(N2C(=S)NC(c3ccccn3)C2c2cccn2CC2CCCO2)cc1. The maximum absolute atomic E-state index is 5.93. The number of rotatable bonds is 6. The van der Waals surface area contributed by atoms with Crippen LogP contribution in [0.5, 0.6) is 0 Å². The van der Waals surface area contributed by atoms with Crippen LogP contribution in [0.4, 0.5) is 11.4 Å². The van der Waals surface area contributed by atoms with Gasteiger partial charge in [0.2, 0.25) is 0 Å². The summed E-state index contributed by atoms with van der Waals surface area (Å²) in [5, 5.41) is 4.27. The van der Waals surface area contributed by atoms with Crippen molar-refractivity contribution in [2.75, 3.05) is 30.5 Å². The standard InChI is InChI=1S/C25H29N5OS/c1-28(2)18-10-12-19(13-11-18)30-24(23(27-25(30)32)21-8-3-4-14-26-21)22-9-5-15-29(22)17-20-7-6-16-31-20/h3-5,8-15,20,23-24H,6-7,16-17H2,1-2H3,(H,27,32). The molecule has 2 aliphatic heterocycles. The van der Waals surface area contributed by atoms with Gasteiger partial charge in [0, 0.05) is 56.7 Å². The predicted molar refractivity (Wildman–Crippen MR) is 132 cm³/mol. The maximum atomic E-state index is 5.93. The molecule has 2 saturated heterocycles. The van der Waals surface area contributed by atoms with Gasteiger partial charge in [0.05, 0.1) is 17.8 Å². The van der Waals surface area contributed by atoms with E-state index in [-0.39, 0.29) is 18.2 Å². The predicted octanol–water partition coefficient (Wildman–Crippen LogP) is 4.31. The van der Waals surface area contributed by atoms with Crippen LogP contribution < -0.4 is 15.1 Å². The highest BCUT2D eigenvalue weighted by atomic mass is 32.1. The Labute approximate surface area is 194 Å². The average Bonchev–Trinajstić information content (AvgIpc) is 3.55. The number of benzene rings is 1. The molecule has 7 heteroatoms. The fourth-order valence-corrected chi connectivity index (χ4v) is 5.06. The molecule has 166 valence electrons. The molecule has 4 heterocycles. The number of thiocarbonyl (C=S) groups is 1. The van der Waals surface area contributed by atoms with E-state index in [0.717, 1.165) is 43.1 Å². The largest absolute Gasteiger partial charge is 0.378 e. The highest BCUT2D eigenvalue weighted by molar-refractivity contribution is 7.80. The first-order valence-corrected chi connectivity index (χ1v) is 11.6. The molecule has 0 spiro atoms. The molecule has 1 N–H and O–H groups in total. The van der Waals surface area contributed by atoms with E-state index >= 15 is 0 Å². The maximum Gasteiger partial charge on any atom is 0.174 e. The molecule has 3 atom stereocenters. The van der Waals surface area contributed by atoms with Crippen LogP contribution in [0.1, 0.15) is 36.3 Å². The second-order valence-corrected chi connectivity index (χ2v) is 9.01. The van der Waals surface area contributed by atoms with Gasteiger partial charge in [0.25, 0.3) is 0 Å². The van der Waals surface area contributed by atoms with Crippen LogP contribution in [0.25, 0.3) is 0 Å². The Morgan fingerprint density at radius 1 is 1.12 bits per heavy atom. The lowest BCUT2D eigenvalue weighted by molar-refractivity contribution is 0.0961. The number of nitrogens with one attached hydrogen (secondary N) is 1. The van der Waals surface area contributed by atoms with Gasteiger partial charge in [-0.3, -0.25) is 4.98 Å². The highest BCUT2D eigenvalue weighted by Gasteiger charge is 2.42. The van der Waals surface area contributed by atoms with Gasteiger partial charge in [-0.05, 0) is 73.6 Å². The Hall–Kier alpha value is -2.90. The minimum atomic E-state index is -0.0460. The van der Waals surface area contributed by atoms with Crippen LogP contribution in [0.15, 0.2) is 67.0 Å². The molecule has 0 bridgehead atoms. The van der Waals surface area contributed by atoms with Crippen molar-refractivity contribution in [1.29, 1.82) is 0 Å². The molecule has 0 aliphatic carbocycles. The van der Waals surface area contributed by atoms with Gasteiger partial charge in [0.15, 0.2) is 5.11 Å². The molecule has 0 amide bonds. The van der Waals surface area contributed by atoms with E-state index in [0.29, 0.717) is 5.11 Å². The first-order valence-electron chi connectivity index (χ1n) is 11.2. The second kappa shape index (κ2) is 8.92. The fraction of sp³-hybridized carbons (Fsp3) is 0.360. The summed E-state index contributed by atoms with van der Waals surface area (Å²) in [6.07, 6.45) is 6.51. The van der Waals surface area contributed by atoms with Crippen molar-refractivity contribution in [3.8, 4) is 0 Å². The number of hydrogen-bond donors (Lipinski definition) is 1. The number of nitrogens with zero attached hydrogens (tertiary/aromatic N) is 4. The van der Waals surface area contributed by atoms with Gasteiger partial charge in [-0.1, -0.05) is 6.07 Å². The molecule has 3 unspecified atom stereocenters. The normalized spacial score (nSPS) is 22.9. The van der Waals surface area contributed by atoms with Crippen LogP contribution in [0.2, 0.25) is 0 Å². The van der Waals surface area contributed by atoms with Crippen molar-refractivity contribution in [3.05, 3.63) is 78.4 Å². The summed E-state index contributed by atoms with van der Waals surface area (Å²) in [6.45, 7) is 1.71. The monoisotopic (exact) mass is 447 g/mol. The quantitative estimate of drug-likeness (QED) is 0.569. The molecule has 0 saturated carbocycles. The molecule has 2 aliphatic rings. The number of anilines is 2. The summed E-state index contributed by atoms with van der Waals surface area (Å²) in [7, 11) is 4.10. The Balaban J connectivity index is 1.55. The topological polar surface area (TPSA) is 45.6 Å². The third kappa shape index (κ3) is 3.98. The minimum absolute atomic E-state index is 0.0148. The first kappa shape index (κ1) is 21.0. The molecular formula is C25H29N5OS. The summed E-state index contributed by atoms with van der Waals surface area (Å²) in [5.41, 5.74) is 4.42. The van der Waals surface area contributed by atoms with Gasteiger partial charge >= 0.3 is 0 Å². The van der Waals surface area contributed by atoms with Crippen LogP contribution in [-0.2, 0) is 11.3 Å². The molecule has 5 rings (SSSR count). The lowest BCUT2D eigenvalue weighted by atomic mass is 10.0. The van der Waals surface area contributed by atoms with E-state index in [9.17, 15) is 0 Å². The summed E-state index contributed by atoms with van der Waals surface area (Å²) in [6, 6.07) is 18.9. The van der Waals surface area contributed by atoms with Crippen molar-refractivity contribution >= 4 is 28.7 Å². The van der Waals surface area contributed by atoms with Crippen LogP contribution in [0.3, 0.4) is 0 Å². The average molecular weight is 448 g/mol. The Kier molecular flexibility index (Phi) is 5.85. The Morgan fingerprint density at radius 2 is 1.97 bits per heavy atom. The molecule has 1 aromatic carbocycles. The van der Waals surface area contributed by atoms with Gasteiger partial charge in [0.1, 0.15) is 6.04 Å². The van der Waals surface area contributed by atoms with E-state index in [1.807, 2.05) is 18.3 Å². The van der Waals surface area contributed by atoms with Crippen molar-refractivity contribution in [1.82, 2.24) is 14.9 Å². The van der Waals surface area contributed by atoms with E-state index in [2.05, 4.69) is 87.4 Å². The van der Waals surface area contributed by atoms with E-state index in [1.54, 1.807) is 0 Å². The fourth-order valence-electron chi connectivity index (χ4n) is 4.71. The molecule has 2 fully saturated rings. The number of aromatic nitrogens is 2. The third-order valence-corrected chi connectivity index (χ3v) is 6.65. The zero-order valence-corrected chi connectivity index (χ0v) is 19.3. The molecular weight excluding hydrogens is 418 g/mol. The highest BCUT2D eigenvalue weighted by Crippen LogP contribution is 2.42. The first-order chi connectivity index (χ1) is 15.6. The minimum Gasteiger partial charge on any atom is -0.378 e. The Bertz CT molecular complexity index is 1060. The smallest absolute Gasteiger partial charge is 0.174 e. The zero-order valence-electron chi connectivity index (χ0n) is 18.5. The lowest BCUT2D eigenvalue weighted by Crippen LogP contribution is -2.31. The van der Waals surface area contributed by atoms with Gasteiger partial charge in [-0.15, -0.1) is 0 Å². The van der Waals surface area contributed by atoms with Crippen molar-refractivity contribution in [3.63, 3.8) is 0 Å². The summed E-state index contributed by atoms with van der Waals surface area (Å²) in [5.74, 6) is 0. The molecule has 6 nitrogen and oxygen atoms in total. The summed E-state index contributed by atoms with van der Waals surface area (Å²) < 4.78 is 8.26. The molecule has 0 radical (unpaired) electrons. The van der Waals surface area contributed by atoms with E-state index in [1.165, 1.54) is 5.69 Å². The summed E-state index contributed by atoms with van der Waals surface area (Å²) >= 11 is 5.86. The molecule has 2 aromatic heterocycles. The van der Waals surface area contributed by atoms with Crippen molar-refractivity contribution in [2.45, 2.75) is 37.6 Å². The molecule has 32 heavy (non-hydrogen) atoms. The summed E-state index contributed by atoms with van der Waals surface area (Å²) in [4.78, 5) is 9.00. The molecule has 3 aromatic rings. The number of pyridine rings is 1. The van der Waals surface area contributed by atoms with Crippen LogP contribution in [0, 0.1) is 0 Å². The van der Waals surface area contributed by atoms with Crippen LogP contribution in [-0.4, -0.2) is 41.5 Å². The second-order valence-electron chi connectivity index (χ2n) is 8.63. The van der Waals surface area contributed by atoms with Crippen LogP contribution >= 0.6 is 12.2 Å². The van der Waals surface area contributed by atoms with Gasteiger partial charge in [-0.2, -0.15) is 0 Å². The van der Waals surface area contributed by atoms with Gasteiger partial charge in [-0.25, -0.2) is 0 Å². The van der Waals surface area contributed by atoms with Crippen molar-refractivity contribution < 1.29 is 4.74 Å². The van der Waals surface area contributed by atoms with Crippen molar-refractivity contribution in [2.24, 2.45) is 0 Å². The lowest BCUT2D eigenvalue weighted by Gasteiger charge is -2.29. The zero-order chi connectivity index (χ0) is 22.1. The third-order valence-electron chi connectivity index (χ3n) is 6.33. The van der Waals surface area contributed by atoms with Gasteiger partial charge < -0.3 is 24.4 Å². The Morgan fingerprint density at radius 3 is 2.66 bits per heavy atom. The van der Waals surface area contributed by atoms with E-state index in [4.69, 9.17) is 17.0 Å². The number of hydrogen-bond acceptors (Lipinski definition) is 4.